The highest BCUT2D eigenvalue weighted by Crippen LogP contribution is 2.48. The van der Waals surface area contributed by atoms with Crippen molar-refractivity contribution < 1.29 is 27.1 Å². The van der Waals surface area contributed by atoms with Gasteiger partial charge in [0.15, 0.2) is 11.6 Å². The number of rotatable bonds is 2. The van der Waals surface area contributed by atoms with E-state index in [1.54, 1.807) is 6.07 Å². The van der Waals surface area contributed by atoms with E-state index in [-0.39, 0.29) is 15.7 Å². The maximum Gasteiger partial charge on any atom is 0.280 e. The zero-order chi connectivity index (χ0) is 17.9. The molecule has 5 nitrogen and oxygen atoms in total. The third-order valence-corrected chi connectivity index (χ3v) is 6.59. The van der Waals surface area contributed by atoms with Crippen LogP contribution in [-0.4, -0.2) is 26.5 Å². The molecule has 0 spiro atoms. The summed E-state index contributed by atoms with van der Waals surface area (Å²) in [6.45, 7) is 0. The lowest BCUT2D eigenvalue weighted by molar-refractivity contribution is -0.128. The molecule has 1 amide bonds. The number of nitrogens with zero attached hydrogens (tertiary/aromatic N) is 1. The Morgan fingerprint density at radius 3 is 2.46 bits per heavy atom. The Kier molecular flexibility index (Phi) is 3.78. The molecule has 0 aromatic heterocycles. The first-order valence-corrected chi connectivity index (χ1v) is 8.89. The lowest BCUT2D eigenvalue weighted by atomic mass is 10.1. The van der Waals surface area contributed by atoms with Crippen molar-refractivity contribution >= 4 is 37.4 Å². The minimum absolute atomic E-state index is 0.150. The predicted octanol–water partition coefficient (Wildman–Crippen LogP) is 2.32. The number of fused-ring (bicyclic) bond motifs is 1. The maximum absolute atomic E-state index is 14.0. The summed E-state index contributed by atoms with van der Waals surface area (Å²) in [6.07, 6.45) is 0. The van der Waals surface area contributed by atoms with Crippen molar-refractivity contribution in [1.82, 2.24) is 0 Å². The number of hydrogen-bond acceptors (Lipinski definition) is 4. The Balaban J connectivity index is 2.37. The molecule has 1 unspecified atom stereocenters. The summed E-state index contributed by atoms with van der Waals surface area (Å²) in [5, 5.41) is 10.9. The fraction of sp³-hybridized carbons (Fsp3) is 0.133. The third-order valence-electron chi connectivity index (χ3n) is 3.88. The van der Waals surface area contributed by atoms with Crippen molar-refractivity contribution in [2.24, 2.45) is 0 Å². The van der Waals surface area contributed by atoms with Crippen molar-refractivity contribution in [3.8, 4) is 0 Å². The molecule has 2 aromatic carbocycles. The van der Waals surface area contributed by atoms with Crippen LogP contribution in [0.3, 0.4) is 0 Å². The van der Waals surface area contributed by atoms with Gasteiger partial charge in [-0.15, -0.1) is 0 Å². The van der Waals surface area contributed by atoms with Crippen molar-refractivity contribution in [2.75, 3.05) is 11.9 Å². The summed E-state index contributed by atoms with van der Waals surface area (Å²) in [7, 11) is -3.71. The van der Waals surface area contributed by atoms with E-state index < -0.39 is 37.2 Å². The monoisotopic (exact) mass is 417 g/mol. The quantitative estimate of drug-likeness (QED) is 0.813. The molecular formula is C15H10BrF2NO4S. The molecule has 2 aromatic rings. The highest BCUT2D eigenvalue weighted by atomic mass is 79.9. The fourth-order valence-electron chi connectivity index (χ4n) is 2.67. The van der Waals surface area contributed by atoms with Crippen LogP contribution in [0.5, 0.6) is 0 Å². The van der Waals surface area contributed by atoms with Gasteiger partial charge in [0.05, 0.1) is 5.69 Å². The lowest BCUT2D eigenvalue weighted by Crippen LogP contribution is -2.45. The summed E-state index contributed by atoms with van der Waals surface area (Å²) >= 11 is 3.10. The largest absolute Gasteiger partial charge is 0.363 e. The normalized spacial score (nSPS) is 20.4. The van der Waals surface area contributed by atoms with E-state index in [9.17, 15) is 27.1 Å². The van der Waals surface area contributed by atoms with Gasteiger partial charge in [0.1, 0.15) is 4.90 Å². The molecule has 1 aliphatic heterocycles. The van der Waals surface area contributed by atoms with Crippen molar-refractivity contribution in [2.45, 2.75) is 9.83 Å². The molecule has 1 N–H and O–H groups in total. The second kappa shape index (κ2) is 5.33. The first-order chi connectivity index (χ1) is 11.1. The van der Waals surface area contributed by atoms with Crippen molar-refractivity contribution in [1.29, 1.82) is 0 Å². The van der Waals surface area contributed by atoms with E-state index in [0.717, 1.165) is 23.1 Å². The van der Waals surface area contributed by atoms with E-state index in [1.807, 2.05) is 0 Å². The molecule has 1 heterocycles. The van der Waals surface area contributed by atoms with Gasteiger partial charge in [-0.3, -0.25) is 4.79 Å². The van der Waals surface area contributed by atoms with Gasteiger partial charge in [-0.1, -0.05) is 28.1 Å². The molecule has 0 aliphatic carbocycles. The second-order valence-electron chi connectivity index (χ2n) is 5.20. The molecule has 0 radical (unpaired) electrons. The highest BCUT2D eigenvalue weighted by Gasteiger charge is 2.60. The number of anilines is 1. The average molecular weight is 418 g/mol. The van der Waals surface area contributed by atoms with Crippen molar-refractivity contribution in [3.63, 3.8) is 0 Å². The topological polar surface area (TPSA) is 74.7 Å². The fourth-order valence-corrected chi connectivity index (χ4v) is 5.20. The molecule has 24 heavy (non-hydrogen) atoms. The van der Waals surface area contributed by atoms with E-state index in [2.05, 4.69) is 15.9 Å². The molecule has 9 heteroatoms. The predicted molar refractivity (Wildman–Crippen MR) is 85.0 cm³/mol. The van der Waals surface area contributed by atoms with Crippen LogP contribution in [-0.2, 0) is 19.6 Å². The number of benzene rings is 2. The Morgan fingerprint density at radius 1 is 1.17 bits per heavy atom. The standard InChI is InChI=1S/C15H10BrF2NO4S/c1-19-10-6-2-4-8(16)12(10)15(21,14(19)20)24(22,23)11-7-3-5-9(17)13(11)18/h2-7,21H,1H3. The summed E-state index contributed by atoms with van der Waals surface area (Å²) in [4.78, 5) is 9.31. The van der Waals surface area contributed by atoms with E-state index in [4.69, 9.17) is 0 Å². The molecule has 0 saturated carbocycles. The number of hydrogen-bond donors (Lipinski definition) is 1. The number of halogens is 3. The van der Waals surface area contributed by atoms with E-state index in [0.29, 0.717) is 0 Å². The van der Waals surface area contributed by atoms with Gasteiger partial charge in [0.2, 0.25) is 9.84 Å². The third kappa shape index (κ3) is 1.98. The molecular weight excluding hydrogens is 408 g/mol. The van der Waals surface area contributed by atoms with Crippen molar-refractivity contribution in [3.05, 3.63) is 58.1 Å². The minimum atomic E-state index is -4.99. The number of sulfone groups is 1. The van der Waals surface area contributed by atoms with E-state index in [1.165, 1.54) is 19.2 Å². The number of carbonyl (C=O) groups excluding carboxylic acids is 1. The van der Waals surface area contributed by atoms with Gasteiger partial charge in [-0.2, -0.15) is 0 Å². The van der Waals surface area contributed by atoms with Crippen LogP contribution in [0.25, 0.3) is 0 Å². The molecule has 3 rings (SSSR count). The number of likely N-dealkylation sites (N-methyl/N-ethyl adjacent to an activating group) is 1. The van der Waals surface area contributed by atoms with Crippen LogP contribution in [0.2, 0.25) is 0 Å². The lowest BCUT2D eigenvalue weighted by Gasteiger charge is -2.23. The number of amides is 1. The van der Waals surface area contributed by atoms with Gasteiger partial charge < -0.3 is 10.0 Å². The van der Waals surface area contributed by atoms with Gasteiger partial charge >= 0.3 is 0 Å². The molecule has 126 valence electrons. The molecule has 0 saturated heterocycles. The van der Waals surface area contributed by atoms with Gasteiger partial charge in [-0.05, 0) is 24.3 Å². The van der Waals surface area contributed by atoms with Gasteiger partial charge in [0.25, 0.3) is 10.8 Å². The number of carbonyl (C=O) groups is 1. The zero-order valence-corrected chi connectivity index (χ0v) is 14.5. The van der Waals surface area contributed by atoms with Gasteiger partial charge in [0, 0.05) is 17.1 Å². The summed E-state index contributed by atoms with van der Waals surface area (Å²) in [6, 6.07) is 6.95. The SMILES string of the molecule is CN1C(=O)C(O)(S(=O)(=O)c2cccc(F)c2F)c2c(Br)cccc21. The average Bonchev–Trinajstić information content (AvgIpc) is 2.74. The Bertz CT molecular complexity index is 979. The maximum atomic E-state index is 14.0. The highest BCUT2D eigenvalue weighted by molar-refractivity contribution is 9.10. The van der Waals surface area contributed by atoms with Crippen LogP contribution < -0.4 is 4.90 Å². The van der Waals surface area contributed by atoms with Crippen LogP contribution >= 0.6 is 15.9 Å². The van der Waals surface area contributed by atoms with Gasteiger partial charge in [-0.25, -0.2) is 17.2 Å². The smallest absolute Gasteiger partial charge is 0.280 e. The first kappa shape index (κ1) is 17.0. The molecule has 1 atom stereocenters. The Hall–Kier alpha value is -1.84. The van der Waals surface area contributed by atoms with Crippen LogP contribution in [0.1, 0.15) is 5.56 Å². The second-order valence-corrected chi connectivity index (χ2v) is 8.09. The Morgan fingerprint density at radius 2 is 1.79 bits per heavy atom. The summed E-state index contributed by atoms with van der Waals surface area (Å²) in [5.74, 6) is -4.22. The number of aliphatic hydroxyl groups is 1. The summed E-state index contributed by atoms with van der Waals surface area (Å²) in [5.41, 5.74) is -0.0848. The van der Waals surface area contributed by atoms with Crippen LogP contribution in [0.15, 0.2) is 45.8 Å². The van der Waals surface area contributed by atoms with Crippen LogP contribution in [0, 0.1) is 11.6 Å². The minimum Gasteiger partial charge on any atom is -0.363 e. The molecule has 1 aliphatic rings. The first-order valence-electron chi connectivity index (χ1n) is 6.62. The summed E-state index contributed by atoms with van der Waals surface area (Å²) < 4.78 is 53.4. The Labute approximate surface area is 144 Å². The van der Waals surface area contributed by atoms with Crippen LogP contribution in [0.4, 0.5) is 14.5 Å². The van der Waals surface area contributed by atoms with E-state index >= 15 is 0 Å². The molecule has 0 bridgehead atoms. The zero-order valence-electron chi connectivity index (χ0n) is 12.1. The molecule has 0 fully saturated rings.